The number of carbonyl (C=O) groups is 2. The number of benzene rings is 1. The monoisotopic (exact) mass is 260 g/mol. The first kappa shape index (κ1) is 12.2. The van der Waals surface area contributed by atoms with Crippen molar-refractivity contribution >= 4 is 17.6 Å². The lowest BCUT2D eigenvalue weighted by Crippen LogP contribution is -2.31. The normalized spacial score (nSPS) is 24.5. The number of nitrogens with one attached hydrogen (secondary N) is 1. The van der Waals surface area contributed by atoms with E-state index in [1.807, 2.05) is 25.2 Å². The molecule has 1 aliphatic heterocycles. The Labute approximate surface area is 111 Å². The molecule has 100 valence electrons. The lowest BCUT2D eigenvalue weighted by atomic mass is 10.1. The maximum absolute atomic E-state index is 12.1. The standard InChI is InChI=1S/C14H16N2O3/c1-15-7-8-2-3-11-9(4-8)5-13(17)16(11)12-6-10(12)14(18)19/h2-4,10,12,15H,5-7H2,1H3,(H,18,19). The van der Waals surface area contributed by atoms with E-state index in [0.717, 1.165) is 23.4 Å². The Morgan fingerprint density at radius 3 is 2.95 bits per heavy atom. The molecule has 1 aromatic carbocycles. The molecule has 0 aromatic heterocycles. The van der Waals surface area contributed by atoms with Crippen molar-refractivity contribution in [2.24, 2.45) is 5.92 Å². The van der Waals surface area contributed by atoms with Gasteiger partial charge in [0.15, 0.2) is 0 Å². The third-order valence-electron chi connectivity index (χ3n) is 3.80. The molecule has 5 heteroatoms. The van der Waals surface area contributed by atoms with Gasteiger partial charge >= 0.3 is 5.97 Å². The molecule has 0 saturated heterocycles. The summed E-state index contributed by atoms with van der Waals surface area (Å²) >= 11 is 0. The predicted molar refractivity (Wildman–Crippen MR) is 69.9 cm³/mol. The largest absolute Gasteiger partial charge is 0.481 e. The minimum Gasteiger partial charge on any atom is -0.481 e. The Balaban J connectivity index is 1.87. The molecule has 2 unspecified atom stereocenters. The topological polar surface area (TPSA) is 69.6 Å². The Hall–Kier alpha value is -1.88. The fourth-order valence-corrected chi connectivity index (χ4v) is 2.81. The smallest absolute Gasteiger partial charge is 0.308 e. The quantitative estimate of drug-likeness (QED) is 0.839. The summed E-state index contributed by atoms with van der Waals surface area (Å²) in [5.41, 5.74) is 3.04. The molecule has 2 atom stereocenters. The third kappa shape index (κ3) is 2.00. The zero-order valence-electron chi connectivity index (χ0n) is 10.7. The number of rotatable bonds is 4. The van der Waals surface area contributed by atoms with Crippen LogP contribution >= 0.6 is 0 Å². The fourth-order valence-electron chi connectivity index (χ4n) is 2.81. The number of amides is 1. The van der Waals surface area contributed by atoms with Gasteiger partial charge in [0.2, 0.25) is 5.91 Å². The van der Waals surface area contributed by atoms with Gasteiger partial charge in [-0.25, -0.2) is 0 Å². The molecule has 2 aliphatic rings. The number of hydrogen-bond donors (Lipinski definition) is 2. The van der Waals surface area contributed by atoms with E-state index in [4.69, 9.17) is 5.11 Å². The molecule has 1 aliphatic carbocycles. The van der Waals surface area contributed by atoms with Gasteiger partial charge < -0.3 is 15.3 Å². The van der Waals surface area contributed by atoms with Crippen molar-refractivity contribution in [3.63, 3.8) is 0 Å². The number of carboxylic acid groups (broad SMARTS) is 1. The van der Waals surface area contributed by atoms with Crippen LogP contribution in [0.15, 0.2) is 18.2 Å². The molecule has 5 nitrogen and oxygen atoms in total. The van der Waals surface area contributed by atoms with Gasteiger partial charge in [0.05, 0.1) is 18.4 Å². The summed E-state index contributed by atoms with van der Waals surface area (Å²) in [4.78, 5) is 24.7. The van der Waals surface area contributed by atoms with Gasteiger partial charge in [-0.2, -0.15) is 0 Å². The summed E-state index contributed by atoms with van der Waals surface area (Å²) < 4.78 is 0. The van der Waals surface area contributed by atoms with Gasteiger partial charge in [-0.05, 0) is 30.7 Å². The highest BCUT2D eigenvalue weighted by Gasteiger charge is 2.51. The summed E-state index contributed by atoms with van der Waals surface area (Å²) in [6.07, 6.45) is 0.953. The maximum Gasteiger partial charge on any atom is 0.308 e. The summed E-state index contributed by atoms with van der Waals surface area (Å²) in [5.74, 6) is -1.18. The van der Waals surface area contributed by atoms with E-state index in [-0.39, 0.29) is 11.9 Å². The van der Waals surface area contributed by atoms with Gasteiger partial charge in [0.25, 0.3) is 0 Å². The second-order valence-corrected chi connectivity index (χ2v) is 5.18. The molecule has 1 saturated carbocycles. The fraction of sp³-hybridized carbons (Fsp3) is 0.429. The van der Waals surface area contributed by atoms with Crippen molar-refractivity contribution in [2.45, 2.75) is 25.4 Å². The first-order valence-electron chi connectivity index (χ1n) is 6.43. The van der Waals surface area contributed by atoms with E-state index in [9.17, 15) is 9.59 Å². The van der Waals surface area contributed by atoms with Crippen molar-refractivity contribution in [1.29, 1.82) is 0 Å². The Morgan fingerprint density at radius 1 is 1.53 bits per heavy atom. The highest BCUT2D eigenvalue weighted by molar-refractivity contribution is 6.03. The van der Waals surface area contributed by atoms with Crippen LogP contribution < -0.4 is 10.2 Å². The van der Waals surface area contributed by atoms with E-state index in [0.29, 0.717) is 12.8 Å². The molecule has 1 fully saturated rings. The number of aliphatic carboxylic acids is 1. The van der Waals surface area contributed by atoms with Gasteiger partial charge in [0, 0.05) is 12.2 Å². The van der Waals surface area contributed by atoms with Crippen molar-refractivity contribution in [3.05, 3.63) is 29.3 Å². The molecule has 3 rings (SSSR count). The minimum absolute atomic E-state index is 0.0188. The number of fused-ring (bicyclic) bond motifs is 1. The van der Waals surface area contributed by atoms with Gasteiger partial charge in [-0.15, -0.1) is 0 Å². The summed E-state index contributed by atoms with van der Waals surface area (Å²) in [7, 11) is 1.88. The van der Waals surface area contributed by atoms with Crippen molar-refractivity contribution in [2.75, 3.05) is 11.9 Å². The van der Waals surface area contributed by atoms with Gasteiger partial charge in [0.1, 0.15) is 0 Å². The van der Waals surface area contributed by atoms with E-state index in [1.165, 1.54) is 0 Å². The van der Waals surface area contributed by atoms with E-state index >= 15 is 0 Å². The second-order valence-electron chi connectivity index (χ2n) is 5.18. The lowest BCUT2D eigenvalue weighted by Gasteiger charge is -2.17. The number of hydrogen-bond acceptors (Lipinski definition) is 3. The lowest BCUT2D eigenvalue weighted by molar-refractivity contribution is -0.138. The van der Waals surface area contributed by atoms with Crippen LogP contribution in [0.3, 0.4) is 0 Å². The molecular weight excluding hydrogens is 244 g/mol. The molecule has 2 N–H and O–H groups in total. The van der Waals surface area contributed by atoms with Crippen LogP contribution in [0.2, 0.25) is 0 Å². The molecule has 19 heavy (non-hydrogen) atoms. The van der Waals surface area contributed by atoms with Crippen molar-refractivity contribution in [1.82, 2.24) is 5.32 Å². The molecule has 1 heterocycles. The average Bonchev–Trinajstić information content (AvgIpc) is 3.07. The molecular formula is C14H16N2O3. The SMILES string of the molecule is CNCc1ccc2c(c1)CC(=O)N2C1CC1C(=O)O. The van der Waals surface area contributed by atoms with E-state index in [1.54, 1.807) is 4.90 Å². The van der Waals surface area contributed by atoms with Crippen LogP contribution in [-0.2, 0) is 22.6 Å². The van der Waals surface area contributed by atoms with Crippen LogP contribution in [0.4, 0.5) is 5.69 Å². The molecule has 0 radical (unpaired) electrons. The van der Waals surface area contributed by atoms with Crippen molar-refractivity contribution < 1.29 is 14.7 Å². The highest BCUT2D eigenvalue weighted by Crippen LogP contribution is 2.43. The van der Waals surface area contributed by atoms with Crippen molar-refractivity contribution in [3.8, 4) is 0 Å². The number of carbonyl (C=O) groups excluding carboxylic acids is 1. The Kier molecular flexibility index (Phi) is 2.78. The third-order valence-corrected chi connectivity index (χ3v) is 3.80. The molecule has 1 aromatic rings. The van der Waals surface area contributed by atoms with E-state index < -0.39 is 11.9 Å². The van der Waals surface area contributed by atoms with Crippen LogP contribution in [0.1, 0.15) is 17.5 Å². The minimum atomic E-state index is -0.807. The maximum atomic E-state index is 12.1. The number of nitrogens with zero attached hydrogens (tertiary/aromatic N) is 1. The summed E-state index contributed by atoms with van der Waals surface area (Å²) in [5, 5.41) is 12.1. The molecule has 0 bridgehead atoms. The van der Waals surface area contributed by atoms with E-state index in [2.05, 4.69) is 5.32 Å². The summed E-state index contributed by atoms with van der Waals surface area (Å²) in [6.45, 7) is 0.767. The van der Waals surface area contributed by atoms with Gasteiger partial charge in [-0.3, -0.25) is 9.59 Å². The van der Waals surface area contributed by atoms with Crippen LogP contribution in [-0.4, -0.2) is 30.1 Å². The second kappa shape index (κ2) is 4.35. The first-order chi connectivity index (χ1) is 9.11. The van der Waals surface area contributed by atoms with Crippen LogP contribution in [0, 0.1) is 5.92 Å². The zero-order chi connectivity index (χ0) is 13.6. The predicted octanol–water partition coefficient (Wildman–Crippen LogP) is 0.768. The first-order valence-corrected chi connectivity index (χ1v) is 6.43. The molecule has 0 spiro atoms. The molecule has 1 amide bonds. The highest BCUT2D eigenvalue weighted by atomic mass is 16.4. The Morgan fingerprint density at radius 2 is 2.32 bits per heavy atom. The Bertz CT molecular complexity index is 556. The number of anilines is 1. The zero-order valence-corrected chi connectivity index (χ0v) is 10.7. The number of carboxylic acids is 1. The summed E-state index contributed by atoms with van der Waals surface area (Å²) in [6, 6.07) is 5.80. The average molecular weight is 260 g/mol. The van der Waals surface area contributed by atoms with Crippen LogP contribution in [0.5, 0.6) is 0 Å². The van der Waals surface area contributed by atoms with Gasteiger partial charge in [-0.1, -0.05) is 12.1 Å². The van der Waals surface area contributed by atoms with Crippen LogP contribution in [0.25, 0.3) is 0 Å².